The van der Waals surface area contributed by atoms with Gasteiger partial charge in [-0.05, 0) is 39.3 Å². The Labute approximate surface area is 119 Å². The van der Waals surface area contributed by atoms with Gasteiger partial charge < -0.3 is 5.32 Å². The fraction of sp³-hybridized carbons (Fsp3) is 0.600. The smallest absolute Gasteiger partial charge is 0.127 e. The molecule has 0 spiro atoms. The topological polar surface area (TPSA) is 37.8 Å². The van der Waals surface area contributed by atoms with Crippen LogP contribution in [0.5, 0.6) is 0 Å². The van der Waals surface area contributed by atoms with Crippen LogP contribution in [0.15, 0.2) is 6.33 Å². The molecule has 2 atom stereocenters. The molecule has 2 aromatic rings. The molecule has 2 aromatic heterocycles. The number of hydrogen-bond acceptors (Lipinski definition) is 4. The van der Waals surface area contributed by atoms with Gasteiger partial charge in [0, 0.05) is 22.2 Å². The van der Waals surface area contributed by atoms with Gasteiger partial charge in [0.2, 0.25) is 0 Å². The molecule has 1 N–H and O–H groups in total. The van der Waals surface area contributed by atoms with Crippen molar-refractivity contribution < 1.29 is 0 Å². The molecule has 0 fully saturated rings. The molecule has 104 valence electrons. The molecular formula is C15H23N3S. The van der Waals surface area contributed by atoms with Crippen molar-refractivity contribution in [3.05, 3.63) is 22.5 Å². The number of aryl methyl sites for hydroxylation is 2. The van der Waals surface area contributed by atoms with E-state index in [-0.39, 0.29) is 0 Å². The van der Waals surface area contributed by atoms with Gasteiger partial charge in [-0.25, -0.2) is 9.97 Å². The SMILES string of the molecule is CCCNC(C)C(C)c1ncnc2sc(C)c(C)c12. The molecule has 0 radical (unpaired) electrons. The fourth-order valence-electron chi connectivity index (χ4n) is 2.34. The maximum atomic E-state index is 4.57. The van der Waals surface area contributed by atoms with Crippen LogP contribution in [0, 0.1) is 13.8 Å². The van der Waals surface area contributed by atoms with Crippen LogP contribution in [0.1, 0.15) is 49.2 Å². The molecule has 0 saturated carbocycles. The third-order valence-electron chi connectivity index (χ3n) is 3.89. The Balaban J connectivity index is 2.39. The van der Waals surface area contributed by atoms with Gasteiger partial charge in [0.1, 0.15) is 11.2 Å². The van der Waals surface area contributed by atoms with Crippen LogP contribution in [0.4, 0.5) is 0 Å². The summed E-state index contributed by atoms with van der Waals surface area (Å²) in [6.45, 7) is 12.1. The highest BCUT2D eigenvalue weighted by molar-refractivity contribution is 7.18. The average Bonchev–Trinajstić information content (AvgIpc) is 2.70. The van der Waals surface area contributed by atoms with Crippen LogP contribution < -0.4 is 5.32 Å². The lowest BCUT2D eigenvalue weighted by Crippen LogP contribution is -2.32. The van der Waals surface area contributed by atoms with Gasteiger partial charge in [-0.2, -0.15) is 0 Å². The number of nitrogens with one attached hydrogen (secondary N) is 1. The Morgan fingerprint density at radius 1 is 1.26 bits per heavy atom. The third-order valence-corrected chi connectivity index (χ3v) is 5.01. The highest BCUT2D eigenvalue weighted by Gasteiger charge is 2.20. The van der Waals surface area contributed by atoms with Crippen molar-refractivity contribution in [2.24, 2.45) is 0 Å². The van der Waals surface area contributed by atoms with Gasteiger partial charge in [0.05, 0.1) is 5.69 Å². The molecule has 0 aromatic carbocycles. The first-order valence-electron chi connectivity index (χ1n) is 7.00. The zero-order valence-corrected chi connectivity index (χ0v) is 13.3. The summed E-state index contributed by atoms with van der Waals surface area (Å²) in [6, 6.07) is 0.428. The van der Waals surface area contributed by atoms with Crippen molar-refractivity contribution in [1.29, 1.82) is 0 Å². The second-order valence-electron chi connectivity index (χ2n) is 5.25. The summed E-state index contributed by atoms with van der Waals surface area (Å²) in [6.07, 6.45) is 2.86. The van der Waals surface area contributed by atoms with Crippen LogP contribution in [0.25, 0.3) is 10.2 Å². The van der Waals surface area contributed by atoms with E-state index >= 15 is 0 Å². The zero-order chi connectivity index (χ0) is 14.0. The first-order chi connectivity index (χ1) is 9.06. The van der Waals surface area contributed by atoms with E-state index in [0.717, 1.165) is 17.8 Å². The Hall–Kier alpha value is -1.00. The van der Waals surface area contributed by atoms with Gasteiger partial charge in [-0.15, -0.1) is 11.3 Å². The number of thiophene rings is 1. The predicted molar refractivity (Wildman–Crippen MR) is 83.1 cm³/mol. The van der Waals surface area contributed by atoms with Crippen molar-refractivity contribution in [1.82, 2.24) is 15.3 Å². The fourth-order valence-corrected chi connectivity index (χ4v) is 3.35. The van der Waals surface area contributed by atoms with E-state index in [0.29, 0.717) is 12.0 Å². The zero-order valence-electron chi connectivity index (χ0n) is 12.4. The number of nitrogens with zero attached hydrogens (tertiary/aromatic N) is 2. The van der Waals surface area contributed by atoms with Crippen molar-refractivity contribution in [2.75, 3.05) is 6.54 Å². The molecule has 0 aliphatic carbocycles. The van der Waals surface area contributed by atoms with Gasteiger partial charge in [-0.3, -0.25) is 0 Å². The second-order valence-corrected chi connectivity index (χ2v) is 6.46. The first kappa shape index (κ1) is 14.4. The van der Waals surface area contributed by atoms with E-state index in [1.807, 2.05) is 0 Å². The number of fused-ring (bicyclic) bond motifs is 1. The van der Waals surface area contributed by atoms with E-state index in [4.69, 9.17) is 0 Å². The lowest BCUT2D eigenvalue weighted by molar-refractivity contribution is 0.476. The Kier molecular flexibility index (Phi) is 4.53. The van der Waals surface area contributed by atoms with Crippen molar-refractivity contribution in [2.45, 2.75) is 53.0 Å². The molecule has 0 saturated heterocycles. The molecule has 0 amide bonds. The molecular weight excluding hydrogens is 254 g/mol. The number of hydrogen-bond donors (Lipinski definition) is 1. The Morgan fingerprint density at radius 2 is 2.00 bits per heavy atom. The summed E-state index contributed by atoms with van der Waals surface area (Å²) >= 11 is 1.77. The molecule has 2 unspecified atom stereocenters. The van der Waals surface area contributed by atoms with E-state index in [9.17, 15) is 0 Å². The van der Waals surface area contributed by atoms with Crippen molar-refractivity contribution >= 4 is 21.6 Å². The number of aromatic nitrogens is 2. The summed E-state index contributed by atoms with van der Waals surface area (Å²) < 4.78 is 0. The first-order valence-corrected chi connectivity index (χ1v) is 7.81. The third kappa shape index (κ3) is 2.79. The molecule has 2 heterocycles. The Morgan fingerprint density at radius 3 is 2.68 bits per heavy atom. The van der Waals surface area contributed by atoms with Gasteiger partial charge in [0.25, 0.3) is 0 Å². The van der Waals surface area contributed by atoms with Crippen molar-refractivity contribution in [3.63, 3.8) is 0 Å². The summed E-state index contributed by atoms with van der Waals surface area (Å²) in [7, 11) is 0. The van der Waals surface area contributed by atoms with Crippen LogP contribution in [0.2, 0.25) is 0 Å². The minimum atomic E-state index is 0.393. The van der Waals surface area contributed by atoms with E-state index in [1.54, 1.807) is 17.7 Å². The van der Waals surface area contributed by atoms with E-state index in [1.165, 1.54) is 21.5 Å². The minimum absolute atomic E-state index is 0.393. The Bertz CT molecular complexity index is 562. The summed E-state index contributed by atoms with van der Waals surface area (Å²) in [5.74, 6) is 0.393. The van der Waals surface area contributed by atoms with Crippen LogP contribution >= 0.6 is 11.3 Å². The van der Waals surface area contributed by atoms with E-state index in [2.05, 4.69) is 49.9 Å². The summed E-state index contributed by atoms with van der Waals surface area (Å²) in [5.41, 5.74) is 2.52. The van der Waals surface area contributed by atoms with Gasteiger partial charge in [-0.1, -0.05) is 13.8 Å². The monoisotopic (exact) mass is 277 g/mol. The standard InChI is InChI=1S/C15H23N3S/c1-6-7-16-11(4)9(2)14-13-10(3)12(5)19-15(13)18-8-17-14/h8-9,11,16H,6-7H2,1-5H3. The molecule has 19 heavy (non-hydrogen) atoms. The maximum absolute atomic E-state index is 4.57. The second kappa shape index (κ2) is 5.97. The van der Waals surface area contributed by atoms with Crippen LogP contribution in [-0.2, 0) is 0 Å². The molecule has 4 heteroatoms. The molecule has 0 bridgehead atoms. The van der Waals surface area contributed by atoms with Gasteiger partial charge >= 0.3 is 0 Å². The van der Waals surface area contributed by atoms with Gasteiger partial charge in [0.15, 0.2) is 0 Å². The highest BCUT2D eigenvalue weighted by Crippen LogP contribution is 2.33. The molecule has 2 rings (SSSR count). The molecule has 0 aliphatic rings. The average molecular weight is 277 g/mol. The van der Waals surface area contributed by atoms with Crippen molar-refractivity contribution in [3.8, 4) is 0 Å². The lowest BCUT2D eigenvalue weighted by Gasteiger charge is -2.21. The van der Waals surface area contributed by atoms with E-state index < -0.39 is 0 Å². The molecule has 3 nitrogen and oxygen atoms in total. The van der Waals surface area contributed by atoms with Crippen LogP contribution in [0.3, 0.4) is 0 Å². The highest BCUT2D eigenvalue weighted by atomic mass is 32.1. The van der Waals surface area contributed by atoms with Crippen LogP contribution in [-0.4, -0.2) is 22.6 Å². The number of rotatable bonds is 5. The molecule has 0 aliphatic heterocycles. The predicted octanol–water partition coefficient (Wildman–Crippen LogP) is 3.80. The lowest BCUT2D eigenvalue weighted by atomic mass is 9.95. The maximum Gasteiger partial charge on any atom is 0.127 e. The summed E-state index contributed by atoms with van der Waals surface area (Å²) in [4.78, 5) is 11.4. The summed E-state index contributed by atoms with van der Waals surface area (Å²) in [5, 5.41) is 4.83. The minimum Gasteiger partial charge on any atom is -0.314 e. The quantitative estimate of drug-likeness (QED) is 0.903. The largest absolute Gasteiger partial charge is 0.314 e. The normalized spacial score (nSPS) is 14.8.